The largest absolute Gasteiger partial charge is 0.496 e. The van der Waals surface area contributed by atoms with Crippen LogP contribution in [-0.4, -0.2) is 7.11 Å². The monoisotopic (exact) mass is 409 g/mol. The Hall–Kier alpha value is -0.230. The van der Waals surface area contributed by atoms with Crippen molar-refractivity contribution in [2.75, 3.05) is 12.4 Å². The highest BCUT2D eigenvalue weighted by Crippen LogP contribution is 2.33. The molecule has 2 aromatic rings. The van der Waals surface area contributed by atoms with Crippen molar-refractivity contribution in [1.82, 2.24) is 0 Å². The van der Waals surface area contributed by atoms with Gasteiger partial charge in [0.1, 0.15) is 10.1 Å². The van der Waals surface area contributed by atoms with Crippen molar-refractivity contribution in [2.24, 2.45) is 0 Å². The van der Waals surface area contributed by atoms with Gasteiger partial charge in [-0.2, -0.15) is 0 Å². The van der Waals surface area contributed by atoms with Crippen molar-refractivity contribution in [3.05, 3.63) is 42.4 Å². The van der Waals surface area contributed by atoms with E-state index in [1.165, 1.54) is 4.88 Å². The van der Waals surface area contributed by atoms with E-state index >= 15 is 0 Å². The van der Waals surface area contributed by atoms with Crippen molar-refractivity contribution in [1.29, 1.82) is 0 Å². The number of benzene rings is 1. The summed E-state index contributed by atoms with van der Waals surface area (Å²) in [7, 11) is 1.65. The maximum absolute atomic E-state index is 6.00. The summed E-state index contributed by atoms with van der Waals surface area (Å²) < 4.78 is 7.84. The van der Waals surface area contributed by atoms with E-state index in [0.717, 1.165) is 31.3 Å². The quantitative estimate of drug-likeness (QED) is 0.712. The second kappa shape index (κ2) is 6.28. The summed E-state index contributed by atoms with van der Waals surface area (Å²) in [4.78, 5) is 1.18. The van der Waals surface area contributed by atoms with Crippen LogP contribution in [0.15, 0.2) is 33.2 Å². The molecule has 96 valence electrons. The lowest BCUT2D eigenvalue weighted by Crippen LogP contribution is -1.97. The van der Waals surface area contributed by atoms with Gasteiger partial charge >= 0.3 is 0 Å². The maximum Gasteiger partial charge on any atom is 0.133 e. The van der Waals surface area contributed by atoms with Crippen molar-refractivity contribution in [2.45, 2.75) is 6.54 Å². The first-order valence-electron chi connectivity index (χ1n) is 5.11. The molecule has 0 aliphatic rings. The molecule has 18 heavy (non-hydrogen) atoms. The molecule has 6 heteroatoms. The van der Waals surface area contributed by atoms with E-state index in [0.29, 0.717) is 0 Å². The standard InChI is InChI=1S/C12H10Br2ClNOS/c1-17-11-3-2-7(4-9(11)13)16-6-8-5-10(14)12(15)18-8/h2-5,16H,6H2,1H3. The molecule has 0 aliphatic carbocycles. The Bertz CT molecular complexity index is 540. The molecule has 0 amide bonds. The number of anilines is 1. The van der Waals surface area contributed by atoms with E-state index in [4.69, 9.17) is 16.3 Å². The van der Waals surface area contributed by atoms with Crippen LogP contribution in [0.1, 0.15) is 4.88 Å². The zero-order valence-electron chi connectivity index (χ0n) is 9.47. The second-order valence-corrected chi connectivity index (χ2v) is 6.98. The molecule has 2 rings (SSSR count). The average Bonchev–Trinajstić information content (AvgIpc) is 2.66. The minimum Gasteiger partial charge on any atom is -0.496 e. The molecule has 1 aromatic heterocycles. The van der Waals surface area contributed by atoms with Crippen molar-refractivity contribution in [3.8, 4) is 5.75 Å². The van der Waals surface area contributed by atoms with Crippen LogP contribution < -0.4 is 10.1 Å². The maximum atomic E-state index is 6.00. The normalized spacial score (nSPS) is 10.4. The Morgan fingerprint density at radius 3 is 2.61 bits per heavy atom. The molecule has 1 heterocycles. The summed E-state index contributed by atoms with van der Waals surface area (Å²) in [5.41, 5.74) is 1.03. The van der Waals surface area contributed by atoms with Crippen LogP contribution in [0, 0.1) is 0 Å². The molecule has 0 fully saturated rings. The summed E-state index contributed by atoms with van der Waals surface area (Å²) in [5.74, 6) is 0.822. The summed E-state index contributed by atoms with van der Waals surface area (Å²) >= 11 is 14.4. The fraction of sp³-hybridized carbons (Fsp3) is 0.167. The van der Waals surface area contributed by atoms with Gasteiger partial charge in [-0.05, 0) is 56.1 Å². The number of hydrogen-bond acceptors (Lipinski definition) is 3. The minimum atomic E-state index is 0.745. The van der Waals surface area contributed by atoms with Crippen LogP contribution in [0.5, 0.6) is 5.75 Å². The molecule has 0 aliphatic heterocycles. The highest BCUT2D eigenvalue weighted by molar-refractivity contribution is 9.11. The molecule has 0 atom stereocenters. The Balaban J connectivity index is 2.04. The Labute approximate surface area is 132 Å². The second-order valence-electron chi connectivity index (χ2n) is 3.54. The van der Waals surface area contributed by atoms with Crippen LogP contribution in [-0.2, 0) is 6.54 Å². The van der Waals surface area contributed by atoms with Gasteiger partial charge in [-0.1, -0.05) is 11.6 Å². The number of ether oxygens (including phenoxy) is 1. The van der Waals surface area contributed by atoms with E-state index in [9.17, 15) is 0 Å². The molecule has 0 saturated heterocycles. The third-order valence-electron chi connectivity index (χ3n) is 2.31. The number of hydrogen-bond donors (Lipinski definition) is 1. The van der Waals surface area contributed by atoms with Crippen molar-refractivity contribution in [3.63, 3.8) is 0 Å². The van der Waals surface area contributed by atoms with Crippen molar-refractivity contribution < 1.29 is 4.74 Å². The smallest absolute Gasteiger partial charge is 0.133 e. The minimum absolute atomic E-state index is 0.745. The predicted molar refractivity (Wildman–Crippen MR) is 85.0 cm³/mol. The number of halogens is 3. The Morgan fingerprint density at radius 2 is 2.06 bits per heavy atom. The van der Waals surface area contributed by atoms with Gasteiger partial charge in [0, 0.05) is 21.6 Å². The van der Waals surface area contributed by atoms with Gasteiger partial charge in [-0.15, -0.1) is 11.3 Å². The Kier molecular flexibility index (Phi) is 4.95. The first-order valence-corrected chi connectivity index (χ1v) is 7.89. The topological polar surface area (TPSA) is 21.3 Å². The number of nitrogens with one attached hydrogen (secondary N) is 1. The van der Waals surface area contributed by atoms with Gasteiger partial charge in [-0.25, -0.2) is 0 Å². The fourth-order valence-electron chi connectivity index (χ4n) is 1.44. The zero-order valence-corrected chi connectivity index (χ0v) is 14.2. The molecule has 1 N–H and O–H groups in total. The van der Waals surface area contributed by atoms with Gasteiger partial charge in [0.25, 0.3) is 0 Å². The van der Waals surface area contributed by atoms with Crippen molar-refractivity contribution >= 4 is 60.5 Å². The lowest BCUT2D eigenvalue weighted by molar-refractivity contribution is 0.412. The van der Waals surface area contributed by atoms with E-state index < -0.39 is 0 Å². The zero-order chi connectivity index (χ0) is 13.1. The van der Waals surface area contributed by atoms with E-state index in [2.05, 4.69) is 37.2 Å². The van der Waals surface area contributed by atoms with E-state index in [-0.39, 0.29) is 0 Å². The molecule has 0 spiro atoms. The summed E-state index contributed by atoms with van der Waals surface area (Å²) in [6, 6.07) is 7.92. The van der Waals surface area contributed by atoms with Crippen LogP contribution in [0.4, 0.5) is 5.69 Å². The van der Waals surface area contributed by atoms with E-state index in [1.54, 1.807) is 18.4 Å². The number of methoxy groups -OCH3 is 1. The molecular weight excluding hydrogens is 401 g/mol. The van der Waals surface area contributed by atoms with Crippen LogP contribution in [0.3, 0.4) is 0 Å². The van der Waals surface area contributed by atoms with Gasteiger partial charge in [0.2, 0.25) is 0 Å². The van der Waals surface area contributed by atoms with Gasteiger partial charge in [0.15, 0.2) is 0 Å². The van der Waals surface area contributed by atoms with E-state index in [1.807, 2.05) is 24.3 Å². The highest BCUT2D eigenvalue weighted by Gasteiger charge is 2.05. The van der Waals surface area contributed by atoms with Crippen LogP contribution in [0.25, 0.3) is 0 Å². The molecule has 2 nitrogen and oxygen atoms in total. The van der Waals surface area contributed by atoms with Crippen LogP contribution in [0.2, 0.25) is 4.34 Å². The predicted octanol–water partition coefficient (Wildman–Crippen LogP) is 5.55. The number of rotatable bonds is 4. The van der Waals surface area contributed by atoms with Gasteiger partial charge in [0.05, 0.1) is 11.6 Å². The third-order valence-corrected chi connectivity index (χ3v) is 5.41. The van der Waals surface area contributed by atoms with Gasteiger partial charge in [-0.3, -0.25) is 0 Å². The lowest BCUT2D eigenvalue weighted by Gasteiger charge is -2.08. The first kappa shape index (κ1) is 14.2. The lowest BCUT2D eigenvalue weighted by atomic mass is 10.3. The molecule has 0 bridgehead atoms. The molecule has 0 unspecified atom stereocenters. The fourth-order valence-corrected chi connectivity index (χ4v) is 3.71. The third kappa shape index (κ3) is 3.41. The Morgan fingerprint density at radius 1 is 1.28 bits per heavy atom. The summed E-state index contributed by atoms with van der Waals surface area (Å²) in [6.07, 6.45) is 0. The molecule has 1 aromatic carbocycles. The molecular formula is C12H10Br2ClNOS. The summed E-state index contributed by atoms with van der Waals surface area (Å²) in [6.45, 7) is 0.745. The average molecular weight is 412 g/mol. The highest BCUT2D eigenvalue weighted by atomic mass is 79.9. The number of thiophene rings is 1. The SMILES string of the molecule is COc1ccc(NCc2cc(Br)c(Cl)s2)cc1Br. The van der Waals surface area contributed by atoms with Crippen LogP contribution >= 0.6 is 54.8 Å². The summed E-state index contributed by atoms with van der Waals surface area (Å²) in [5, 5.41) is 3.34. The molecule has 0 saturated carbocycles. The molecule has 0 radical (unpaired) electrons. The first-order chi connectivity index (χ1) is 8.60. The van der Waals surface area contributed by atoms with Gasteiger partial charge < -0.3 is 10.1 Å².